The van der Waals surface area contributed by atoms with Gasteiger partial charge in [-0.1, -0.05) is 0 Å². The molecule has 0 radical (unpaired) electrons. The van der Waals surface area contributed by atoms with Crippen LogP contribution in [0.5, 0.6) is 5.75 Å². The molecule has 0 bridgehead atoms. The van der Waals surface area contributed by atoms with Crippen molar-refractivity contribution >= 4 is 0 Å². The van der Waals surface area contributed by atoms with Crippen molar-refractivity contribution in [3.05, 3.63) is 30.1 Å². The lowest BCUT2D eigenvalue weighted by atomic mass is 10.3. The van der Waals surface area contributed by atoms with E-state index in [0.29, 0.717) is 18.4 Å². The SMILES string of the molecule is CC(C)N(CCCO)CCOc1ccc(F)cc1. The molecule has 1 aromatic rings. The molecule has 0 aliphatic rings. The maximum absolute atomic E-state index is 12.7. The Hall–Kier alpha value is -1.13. The van der Waals surface area contributed by atoms with Crippen molar-refractivity contribution < 1.29 is 14.2 Å². The first-order chi connectivity index (χ1) is 8.63. The molecule has 0 heterocycles. The van der Waals surface area contributed by atoms with Gasteiger partial charge in [0.05, 0.1) is 0 Å². The van der Waals surface area contributed by atoms with Crippen LogP contribution in [0.25, 0.3) is 0 Å². The van der Waals surface area contributed by atoms with Gasteiger partial charge in [-0.3, -0.25) is 4.90 Å². The zero-order valence-electron chi connectivity index (χ0n) is 11.1. The average molecular weight is 255 g/mol. The number of hydrogen-bond donors (Lipinski definition) is 1. The number of hydrogen-bond acceptors (Lipinski definition) is 3. The molecule has 0 fully saturated rings. The molecule has 0 aromatic heterocycles. The van der Waals surface area contributed by atoms with Gasteiger partial charge in [0, 0.05) is 25.7 Å². The first-order valence-corrected chi connectivity index (χ1v) is 6.36. The lowest BCUT2D eigenvalue weighted by Gasteiger charge is -2.26. The van der Waals surface area contributed by atoms with Crippen LogP contribution in [0.3, 0.4) is 0 Å². The summed E-state index contributed by atoms with van der Waals surface area (Å²) in [5.41, 5.74) is 0. The van der Waals surface area contributed by atoms with E-state index in [1.807, 2.05) is 0 Å². The van der Waals surface area contributed by atoms with Gasteiger partial charge in [-0.2, -0.15) is 0 Å². The van der Waals surface area contributed by atoms with E-state index in [2.05, 4.69) is 18.7 Å². The quantitative estimate of drug-likeness (QED) is 0.773. The van der Waals surface area contributed by atoms with E-state index in [0.717, 1.165) is 19.5 Å². The van der Waals surface area contributed by atoms with Crippen LogP contribution in [0.4, 0.5) is 4.39 Å². The van der Waals surface area contributed by atoms with Crippen molar-refractivity contribution in [1.82, 2.24) is 4.90 Å². The predicted molar refractivity (Wildman–Crippen MR) is 70.3 cm³/mol. The van der Waals surface area contributed by atoms with Crippen molar-refractivity contribution in [2.75, 3.05) is 26.3 Å². The molecule has 0 atom stereocenters. The number of ether oxygens (including phenoxy) is 1. The summed E-state index contributed by atoms with van der Waals surface area (Å²) >= 11 is 0. The highest BCUT2D eigenvalue weighted by Gasteiger charge is 2.08. The Kier molecular flexibility index (Phi) is 6.68. The van der Waals surface area contributed by atoms with E-state index in [9.17, 15) is 4.39 Å². The lowest BCUT2D eigenvalue weighted by Crippen LogP contribution is -2.35. The fraction of sp³-hybridized carbons (Fsp3) is 0.571. The minimum Gasteiger partial charge on any atom is -0.492 e. The first-order valence-electron chi connectivity index (χ1n) is 6.36. The fourth-order valence-corrected chi connectivity index (χ4v) is 1.71. The van der Waals surface area contributed by atoms with Crippen molar-refractivity contribution in [3.8, 4) is 5.75 Å². The van der Waals surface area contributed by atoms with Crippen molar-refractivity contribution in [3.63, 3.8) is 0 Å². The number of aliphatic hydroxyl groups excluding tert-OH is 1. The van der Waals surface area contributed by atoms with Crippen LogP contribution in [0.1, 0.15) is 20.3 Å². The normalized spacial score (nSPS) is 11.2. The summed E-state index contributed by atoms with van der Waals surface area (Å²) in [6.07, 6.45) is 0.773. The topological polar surface area (TPSA) is 32.7 Å². The van der Waals surface area contributed by atoms with E-state index in [4.69, 9.17) is 9.84 Å². The Morgan fingerprint density at radius 2 is 1.89 bits per heavy atom. The van der Waals surface area contributed by atoms with E-state index in [1.54, 1.807) is 12.1 Å². The van der Waals surface area contributed by atoms with Gasteiger partial charge < -0.3 is 9.84 Å². The molecule has 102 valence electrons. The van der Waals surface area contributed by atoms with Crippen molar-refractivity contribution in [1.29, 1.82) is 0 Å². The zero-order chi connectivity index (χ0) is 13.4. The molecule has 1 aromatic carbocycles. The number of halogens is 1. The molecule has 18 heavy (non-hydrogen) atoms. The fourth-order valence-electron chi connectivity index (χ4n) is 1.71. The number of aliphatic hydroxyl groups is 1. The van der Waals surface area contributed by atoms with E-state index in [-0.39, 0.29) is 12.4 Å². The van der Waals surface area contributed by atoms with Crippen LogP contribution in [-0.2, 0) is 0 Å². The van der Waals surface area contributed by atoms with Crippen molar-refractivity contribution in [2.24, 2.45) is 0 Å². The van der Waals surface area contributed by atoms with Gasteiger partial charge in [-0.05, 0) is 44.5 Å². The van der Waals surface area contributed by atoms with Crippen LogP contribution < -0.4 is 4.74 Å². The Balaban J connectivity index is 2.31. The molecule has 4 heteroatoms. The molecule has 1 rings (SSSR count). The number of nitrogens with zero attached hydrogens (tertiary/aromatic N) is 1. The third kappa shape index (κ3) is 5.47. The highest BCUT2D eigenvalue weighted by Crippen LogP contribution is 2.11. The zero-order valence-corrected chi connectivity index (χ0v) is 11.1. The van der Waals surface area contributed by atoms with Gasteiger partial charge in [-0.25, -0.2) is 4.39 Å². The second-order valence-electron chi connectivity index (χ2n) is 4.51. The molecular formula is C14H22FNO2. The Bertz CT molecular complexity index is 327. The molecule has 0 amide bonds. The Labute approximate surface area is 108 Å². The van der Waals surface area contributed by atoms with Gasteiger partial charge in [0.1, 0.15) is 18.2 Å². The number of rotatable bonds is 8. The maximum Gasteiger partial charge on any atom is 0.123 e. The van der Waals surface area contributed by atoms with E-state index in [1.165, 1.54) is 12.1 Å². The summed E-state index contributed by atoms with van der Waals surface area (Å²) in [5, 5.41) is 8.83. The van der Waals surface area contributed by atoms with Crippen LogP contribution >= 0.6 is 0 Å². The summed E-state index contributed by atoms with van der Waals surface area (Å²) in [7, 11) is 0. The largest absolute Gasteiger partial charge is 0.492 e. The third-order valence-electron chi connectivity index (χ3n) is 2.79. The van der Waals surface area contributed by atoms with E-state index >= 15 is 0 Å². The Morgan fingerprint density at radius 3 is 2.44 bits per heavy atom. The third-order valence-corrected chi connectivity index (χ3v) is 2.79. The second kappa shape index (κ2) is 8.06. The monoisotopic (exact) mass is 255 g/mol. The molecule has 0 aliphatic carbocycles. The minimum absolute atomic E-state index is 0.210. The molecule has 0 saturated heterocycles. The highest BCUT2D eigenvalue weighted by molar-refractivity contribution is 5.21. The molecule has 0 unspecified atom stereocenters. The van der Waals surface area contributed by atoms with Gasteiger partial charge in [0.15, 0.2) is 0 Å². The lowest BCUT2D eigenvalue weighted by molar-refractivity contribution is 0.160. The predicted octanol–water partition coefficient (Wildman–Crippen LogP) is 2.30. The second-order valence-corrected chi connectivity index (χ2v) is 4.51. The maximum atomic E-state index is 12.7. The molecule has 0 saturated carbocycles. The minimum atomic E-state index is -0.255. The van der Waals surface area contributed by atoms with Gasteiger partial charge in [0.25, 0.3) is 0 Å². The van der Waals surface area contributed by atoms with Gasteiger partial charge in [-0.15, -0.1) is 0 Å². The molecule has 0 spiro atoms. The molecule has 3 nitrogen and oxygen atoms in total. The van der Waals surface area contributed by atoms with Crippen LogP contribution in [0.15, 0.2) is 24.3 Å². The highest BCUT2D eigenvalue weighted by atomic mass is 19.1. The summed E-state index contributed by atoms with van der Waals surface area (Å²) in [5.74, 6) is 0.427. The average Bonchev–Trinajstić information content (AvgIpc) is 2.35. The smallest absolute Gasteiger partial charge is 0.123 e. The van der Waals surface area contributed by atoms with E-state index < -0.39 is 0 Å². The van der Waals surface area contributed by atoms with Gasteiger partial charge >= 0.3 is 0 Å². The molecule has 1 N–H and O–H groups in total. The number of benzene rings is 1. The van der Waals surface area contributed by atoms with Crippen LogP contribution in [0.2, 0.25) is 0 Å². The molecular weight excluding hydrogens is 233 g/mol. The summed E-state index contributed by atoms with van der Waals surface area (Å²) in [6.45, 7) is 6.68. The first kappa shape index (κ1) is 14.9. The van der Waals surface area contributed by atoms with Crippen molar-refractivity contribution in [2.45, 2.75) is 26.3 Å². The summed E-state index contributed by atoms with van der Waals surface area (Å²) < 4.78 is 18.2. The van der Waals surface area contributed by atoms with Crippen LogP contribution in [-0.4, -0.2) is 42.4 Å². The molecule has 0 aliphatic heterocycles. The standard InChI is InChI=1S/C14H22FNO2/c1-12(2)16(8-3-10-17)9-11-18-14-6-4-13(15)5-7-14/h4-7,12,17H,3,8-11H2,1-2H3. The summed E-state index contributed by atoms with van der Waals surface area (Å²) in [4.78, 5) is 2.25. The van der Waals surface area contributed by atoms with Crippen LogP contribution in [0, 0.1) is 5.82 Å². The summed E-state index contributed by atoms with van der Waals surface area (Å²) in [6, 6.07) is 6.46. The van der Waals surface area contributed by atoms with Gasteiger partial charge in [0.2, 0.25) is 0 Å². The Morgan fingerprint density at radius 1 is 1.22 bits per heavy atom.